The van der Waals surface area contributed by atoms with Crippen LogP contribution in [0.1, 0.15) is 20.3 Å². The zero-order chi connectivity index (χ0) is 12.3. The highest BCUT2D eigenvalue weighted by Crippen LogP contribution is 2.22. The number of hydrogen-bond donors (Lipinski definition) is 2. The number of aliphatic carboxylic acids is 1. The number of thioether (sulfide) groups is 1. The first-order chi connectivity index (χ1) is 7.43. The van der Waals surface area contributed by atoms with Crippen LogP contribution in [0.25, 0.3) is 0 Å². The first-order valence-electron chi connectivity index (χ1n) is 5.30. The fourth-order valence-corrected chi connectivity index (χ4v) is 2.84. The predicted octanol–water partition coefficient (Wildman–Crippen LogP) is 0.346. The third kappa shape index (κ3) is 3.12. The van der Waals surface area contributed by atoms with Crippen LogP contribution < -0.4 is 5.73 Å². The van der Waals surface area contributed by atoms with E-state index in [1.807, 2.05) is 13.8 Å². The summed E-state index contributed by atoms with van der Waals surface area (Å²) in [6, 6.07) is -1.30. The van der Waals surface area contributed by atoms with Gasteiger partial charge >= 0.3 is 5.97 Å². The molecule has 1 rings (SSSR count). The second kappa shape index (κ2) is 5.54. The van der Waals surface area contributed by atoms with Crippen molar-refractivity contribution in [2.75, 3.05) is 11.6 Å². The Morgan fingerprint density at radius 2 is 2.19 bits per heavy atom. The number of carbonyl (C=O) groups excluding carboxylic acids is 1. The van der Waals surface area contributed by atoms with E-state index in [2.05, 4.69) is 0 Å². The molecule has 0 bridgehead atoms. The highest BCUT2D eigenvalue weighted by atomic mass is 32.2. The molecule has 3 N–H and O–H groups in total. The number of amides is 1. The summed E-state index contributed by atoms with van der Waals surface area (Å²) in [5.41, 5.74) is 5.77. The Kier molecular flexibility index (Phi) is 4.61. The Bertz CT molecular complexity index is 283. The SMILES string of the molecule is CC(C)C[C@H](N)C(=O)N1CSC[C@H]1C(=O)O. The van der Waals surface area contributed by atoms with Gasteiger partial charge < -0.3 is 15.7 Å². The quantitative estimate of drug-likeness (QED) is 0.747. The molecule has 5 nitrogen and oxygen atoms in total. The van der Waals surface area contributed by atoms with E-state index < -0.39 is 18.1 Å². The molecule has 1 aliphatic rings. The van der Waals surface area contributed by atoms with Crippen molar-refractivity contribution in [1.29, 1.82) is 0 Å². The van der Waals surface area contributed by atoms with E-state index in [9.17, 15) is 9.59 Å². The molecule has 2 atom stereocenters. The van der Waals surface area contributed by atoms with Gasteiger partial charge in [-0.05, 0) is 12.3 Å². The topological polar surface area (TPSA) is 83.6 Å². The Balaban J connectivity index is 2.62. The van der Waals surface area contributed by atoms with Gasteiger partial charge in [-0.15, -0.1) is 11.8 Å². The van der Waals surface area contributed by atoms with Crippen molar-refractivity contribution in [3.05, 3.63) is 0 Å². The monoisotopic (exact) mass is 246 g/mol. The summed E-state index contributed by atoms with van der Waals surface area (Å²) in [5, 5.41) is 8.95. The molecule has 1 heterocycles. The summed E-state index contributed by atoms with van der Waals surface area (Å²) < 4.78 is 0. The first kappa shape index (κ1) is 13.3. The van der Waals surface area contributed by atoms with E-state index in [0.717, 1.165) is 0 Å². The van der Waals surface area contributed by atoms with E-state index in [0.29, 0.717) is 24.0 Å². The molecule has 92 valence electrons. The highest BCUT2D eigenvalue weighted by Gasteiger charge is 2.36. The molecule has 0 radical (unpaired) electrons. The lowest BCUT2D eigenvalue weighted by atomic mass is 10.0. The molecule has 0 aromatic rings. The summed E-state index contributed by atoms with van der Waals surface area (Å²) in [7, 11) is 0. The molecule has 1 fully saturated rings. The predicted molar refractivity (Wildman–Crippen MR) is 63.0 cm³/mol. The average molecular weight is 246 g/mol. The molecule has 16 heavy (non-hydrogen) atoms. The molecule has 0 spiro atoms. The molecule has 0 saturated carbocycles. The van der Waals surface area contributed by atoms with Crippen LogP contribution in [0.5, 0.6) is 0 Å². The Morgan fingerprint density at radius 1 is 1.56 bits per heavy atom. The van der Waals surface area contributed by atoms with Crippen LogP contribution in [0.15, 0.2) is 0 Å². The summed E-state index contributed by atoms with van der Waals surface area (Å²) in [5.74, 6) is 0.0236. The van der Waals surface area contributed by atoms with Gasteiger partial charge in [0.2, 0.25) is 5.91 Å². The van der Waals surface area contributed by atoms with Gasteiger partial charge in [0, 0.05) is 5.75 Å². The number of carboxylic acid groups (broad SMARTS) is 1. The minimum atomic E-state index is -0.949. The van der Waals surface area contributed by atoms with Crippen molar-refractivity contribution in [3.63, 3.8) is 0 Å². The van der Waals surface area contributed by atoms with Crippen molar-refractivity contribution in [1.82, 2.24) is 4.90 Å². The van der Waals surface area contributed by atoms with Crippen molar-refractivity contribution in [2.45, 2.75) is 32.4 Å². The lowest BCUT2D eigenvalue weighted by Crippen LogP contribution is -2.49. The molecule has 1 amide bonds. The largest absolute Gasteiger partial charge is 0.480 e. The number of nitrogens with two attached hydrogens (primary N) is 1. The maximum Gasteiger partial charge on any atom is 0.327 e. The van der Waals surface area contributed by atoms with Crippen molar-refractivity contribution in [3.8, 4) is 0 Å². The van der Waals surface area contributed by atoms with E-state index >= 15 is 0 Å². The number of carbonyl (C=O) groups is 2. The smallest absolute Gasteiger partial charge is 0.327 e. The fourth-order valence-electron chi connectivity index (χ4n) is 1.69. The van der Waals surface area contributed by atoms with Crippen molar-refractivity contribution in [2.24, 2.45) is 11.7 Å². The van der Waals surface area contributed by atoms with Gasteiger partial charge in [0.25, 0.3) is 0 Å². The molecule has 1 saturated heterocycles. The van der Waals surface area contributed by atoms with Crippen molar-refractivity contribution < 1.29 is 14.7 Å². The van der Waals surface area contributed by atoms with Crippen molar-refractivity contribution >= 4 is 23.6 Å². The number of hydrogen-bond acceptors (Lipinski definition) is 4. The van der Waals surface area contributed by atoms with E-state index in [4.69, 9.17) is 10.8 Å². The molecule has 1 aliphatic heterocycles. The van der Waals surface area contributed by atoms with Gasteiger partial charge in [0.1, 0.15) is 6.04 Å². The normalized spacial score (nSPS) is 22.5. The minimum absolute atomic E-state index is 0.244. The number of rotatable bonds is 4. The van der Waals surface area contributed by atoms with Gasteiger partial charge in [-0.25, -0.2) is 4.79 Å². The number of carboxylic acids is 1. The van der Waals surface area contributed by atoms with Gasteiger partial charge in [-0.1, -0.05) is 13.8 Å². The summed E-state index contributed by atoms with van der Waals surface area (Å²) in [4.78, 5) is 24.2. The van der Waals surface area contributed by atoms with Crippen LogP contribution >= 0.6 is 11.8 Å². The van der Waals surface area contributed by atoms with E-state index in [-0.39, 0.29) is 5.91 Å². The average Bonchev–Trinajstić information content (AvgIpc) is 2.63. The molecular weight excluding hydrogens is 228 g/mol. The summed E-state index contributed by atoms with van der Waals surface area (Å²) >= 11 is 1.45. The van der Waals surface area contributed by atoms with Gasteiger partial charge in [-0.2, -0.15) is 0 Å². The first-order valence-corrected chi connectivity index (χ1v) is 6.45. The lowest BCUT2D eigenvalue weighted by Gasteiger charge is -2.24. The molecule has 0 unspecified atom stereocenters. The van der Waals surface area contributed by atoms with Gasteiger partial charge in [0.05, 0.1) is 11.9 Å². The maximum absolute atomic E-state index is 11.9. The van der Waals surface area contributed by atoms with Crippen LogP contribution in [0.3, 0.4) is 0 Å². The third-order valence-corrected chi connectivity index (χ3v) is 3.51. The Morgan fingerprint density at radius 3 is 2.69 bits per heavy atom. The van der Waals surface area contributed by atoms with Crippen LogP contribution in [0.2, 0.25) is 0 Å². The molecular formula is C10H18N2O3S. The summed E-state index contributed by atoms with van der Waals surface area (Å²) in [6.45, 7) is 3.97. The fraction of sp³-hybridized carbons (Fsp3) is 0.800. The second-order valence-corrected chi connectivity index (χ2v) is 5.40. The van der Waals surface area contributed by atoms with Crippen LogP contribution in [0, 0.1) is 5.92 Å². The molecule has 6 heteroatoms. The Labute approximate surface area is 99.4 Å². The molecule has 0 aromatic carbocycles. The maximum atomic E-state index is 11.9. The third-order valence-electron chi connectivity index (χ3n) is 2.49. The van der Waals surface area contributed by atoms with Crippen LogP contribution in [-0.4, -0.2) is 45.6 Å². The zero-order valence-electron chi connectivity index (χ0n) is 9.55. The van der Waals surface area contributed by atoms with E-state index in [1.54, 1.807) is 0 Å². The molecule has 0 aliphatic carbocycles. The Hall–Kier alpha value is -0.750. The highest BCUT2D eigenvalue weighted by molar-refractivity contribution is 7.99. The lowest BCUT2D eigenvalue weighted by molar-refractivity contribution is -0.148. The summed E-state index contributed by atoms with van der Waals surface area (Å²) in [6.07, 6.45) is 0.590. The number of nitrogens with zero attached hydrogens (tertiary/aromatic N) is 1. The van der Waals surface area contributed by atoms with E-state index in [1.165, 1.54) is 16.7 Å². The van der Waals surface area contributed by atoms with Gasteiger partial charge in [-0.3, -0.25) is 4.79 Å². The minimum Gasteiger partial charge on any atom is -0.480 e. The van der Waals surface area contributed by atoms with Crippen LogP contribution in [-0.2, 0) is 9.59 Å². The second-order valence-electron chi connectivity index (χ2n) is 4.40. The standard InChI is InChI=1S/C10H18N2O3S/c1-6(2)3-7(11)9(13)12-5-16-4-8(12)10(14)15/h6-8H,3-5,11H2,1-2H3,(H,14,15)/t7-,8-/m0/s1. The van der Waals surface area contributed by atoms with Crippen LogP contribution in [0.4, 0.5) is 0 Å². The van der Waals surface area contributed by atoms with Gasteiger partial charge in [0.15, 0.2) is 0 Å². The zero-order valence-corrected chi connectivity index (χ0v) is 10.4. The molecule has 0 aromatic heterocycles.